The normalized spacial score (nSPS) is 11.2. The second kappa shape index (κ2) is 9.45. The Hall–Kier alpha value is -2.64. The van der Waals surface area contributed by atoms with Crippen molar-refractivity contribution in [3.05, 3.63) is 95.3 Å². The standard InChI is InChI=1S/C28H26ClF/c1-2-3-4-5-6-20-7-8-23-18-24(10-9-22(23)17-20)25-13-16-27(28(30)19-25)21-11-14-26(29)15-12-21/h7-19H,2-6H2,1H3. The molecule has 2 heteroatoms. The molecule has 0 unspecified atom stereocenters. The average molecular weight is 417 g/mol. The molecule has 0 bridgehead atoms. The number of benzene rings is 4. The fourth-order valence-corrected chi connectivity index (χ4v) is 4.07. The van der Waals surface area contributed by atoms with Crippen molar-refractivity contribution < 1.29 is 4.39 Å². The highest BCUT2D eigenvalue weighted by Crippen LogP contribution is 2.30. The maximum absolute atomic E-state index is 14.8. The van der Waals surface area contributed by atoms with Gasteiger partial charge in [-0.2, -0.15) is 0 Å². The van der Waals surface area contributed by atoms with Crippen LogP contribution in [0.4, 0.5) is 4.39 Å². The Morgan fingerprint density at radius 2 is 1.33 bits per heavy atom. The van der Waals surface area contributed by atoms with Gasteiger partial charge in [0.25, 0.3) is 0 Å². The highest BCUT2D eigenvalue weighted by atomic mass is 35.5. The summed E-state index contributed by atoms with van der Waals surface area (Å²) in [6.07, 6.45) is 6.25. The molecule has 30 heavy (non-hydrogen) atoms. The lowest BCUT2D eigenvalue weighted by atomic mass is 9.96. The number of unbranched alkanes of at least 4 members (excludes halogenated alkanes) is 3. The minimum Gasteiger partial charge on any atom is -0.206 e. The fraction of sp³-hybridized carbons (Fsp3) is 0.214. The summed E-state index contributed by atoms with van der Waals surface area (Å²) in [5, 5.41) is 3.08. The number of rotatable bonds is 7. The van der Waals surface area contributed by atoms with Gasteiger partial charge in [0.05, 0.1) is 0 Å². The van der Waals surface area contributed by atoms with Crippen molar-refractivity contribution in [1.29, 1.82) is 0 Å². The largest absolute Gasteiger partial charge is 0.206 e. The zero-order valence-corrected chi connectivity index (χ0v) is 18.1. The molecule has 4 rings (SSSR count). The van der Waals surface area contributed by atoms with Gasteiger partial charge in [0, 0.05) is 10.6 Å². The van der Waals surface area contributed by atoms with E-state index in [1.54, 1.807) is 18.2 Å². The smallest absolute Gasteiger partial charge is 0.131 e. The van der Waals surface area contributed by atoms with Gasteiger partial charge in [-0.1, -0.05) is 92.4 Å². The van der Waals surface area contributed by atoms with Crippen LogP contribution < -0.4 is 0 Å². The maximum Gasteiger partial charge on any atom is 0.131 e. The van der Waals surface area contributed by atoms with E-state index >= 15 is 0 Å². The SMILES string of the molecule is CCCCCCc1ccc2cc(-c3ccc(-c4ccc(Cl)cc4)c(F)c3)ccc2c1. The van der Waals surface area contributed by atoms with Crippen molar-refractivity contribution in [2.45, 2.75) is 39.0 Å². The number of aryl methyl sites for hydroxylation is 1. The highest BCUT2D eigenvalue weighted by molar-refractivity contribution is 6.30. The molecule has 0 N–H and O–H groups in total. The third kappa shape index (κ3) is 4.74. The fourth-order valence-electron chi connectivity index (χ4n) is 3.94. The van der Waals surface area contributed by atoms with Crippen molar-refractivity contribution in [3.63, 3.8) is 0 Å². The maximum atomic E-state index is 14.8. The molecule has 0 heterocycles. The van der Waals surface area contributed by atoms with Crippen LogP contribution in [0, 0.1) is 5.82 Å². The first-order chi connectivity index (χ1) is 14.6. The summed E-state index contributed by atoms with van der Waals surface area (Å²) in [7, 11) is 0. The van der Waals surface area contributed by atoms with Gasteiger partial charge in [-0.05, 0) is 70.1 Å². The molecule has 0 amide bonds. The van der Waals surface area contributed by atoms with Crippen molar-refractivity contribution in [1.82, 2.24) is 0 Å². The van der Waals surface area contributed by atoms with Crippen LogP contribution in [0.3, 0.4) is 0 Å². The third-order valence-corrected chi connectivity index (χ3v) is 5.93. The summed E-state index contributed by atoms with van der Waals surface area (Å²) in [6, 6.07) is 25.8. The molecule has 152 valence electrons. The van der Waals surface area contributed by atoms with Gasteiger partial charge in [0.2, 0.25) is 0 Å². The van der Waals surface area contributed by atoms with E-state index in [-0.39, 0.29) is 5.82 Å². The molecule has 0 aliphatic carbocycles. The van der Waals surface area contributed by atoms with Gasteiger partial charge in [-0.3, -0.25) is 0 Å². The van der Waals surface area contributed by atoms with E-state index in [1.165, 1.54) is 42.0 Å². The molecule has 0 fully saturated rings. The Labute approximate surface area is 183 Å². The van der Waals surface area contributed by atoms with Crippen LogP contribution >= 0.6 is 11.6 Å². The molecular weight excluding hydrogens is 391 g/mol. The first-order valence-corrected chi connectivity index (χ1v) is 11.1. The van der Waals surface area contributed by atoms with Gasteiger partial charge in [0.1, 0.15) is 5.82 Å². The van der Waals surface area contributed by atoms with Crippen LogP contribution in [-0.4, -0.2) is 0 Å². The van der Waals surface area contributed by atoms with Crippen molar-refractivity contribution >= 4 is 22.4 Å². The molecule has 0 aliphatic rings. The van der Waals surface area contributed by atoms with Crippen molar-refractivity contribution in [2.24, 2.45) is 0 Å². The third-order valence-electron chi connectivity index (χ3n) is 5.68. The Morgan fingerprint density at radius 3 is 2.10 bits per heavy atom. The Morgan fingerprint density at radius 1 is 0.667 bits per heavy atom. The molecule has 4 aromatic rings. The topological polar surface area (TPSA) is 0 Å². The molecule has 0 saturated carbocycles. The second-order valence-electron chi connectivity index (χ2n) is 7.91. The average Bonchev–Trinajstić information content (AvgIpc) is 2.77. The molecular formula is C28H26ClF. The predicted octanol–water partition coefficient (Wildman–Crippen LogP) is 9.09. The van der Waals surface area contributed by atoms with Crippen molar-refractivity contribution in [2.75, 3.05) is 0 Å². The Balaban J connectivity index is 1.56. The van der Waals surface area contributed by atoms with E-state index in [2.05, 4.69) is 43.3 Å². The van der Waals surface area contributed by atoms with E-state index in [4.69, 9.17) is 11.6 Å². The summed E-state index contributed by atoms with van der Waals surface area (Å²) in [6.45, 7) is 2.24. The van der Waals surface area contributed by atoms with Crippen LogP contribution in [0.5, 0.6) is 0 Å². The molecule has 0 radical (unpaired) electrons. The van der Waals surface area contributed by atoms with E-state index in [9.17, 15) is 4.39 Å². The van der Waals surface area contributed by atoms with E-state index in [0.29, 0.717) is 10.6 Å². The van der Waals surface area contributed by atoms with E-state index in [1.807, 2.05) is 24.3 Å². The number of fused-ring (bicyclic) bond motifs is 1. The predicted molar refractivity (Wildman–Crippen MR) is 128 cm³/mol. The lowest BCUT2D eigenvalue weighted by Gasteiger charge is -2.09. The van der Waals surface area contributed by atoms with Crippen LogP contribution in [0.2, 0.25) is 5.02 Å². The molecule has 4 aromatic carbocycles. The van der Waals surface area contributed by atoms with Gasteiger partial charge >= 0.3 is 0 Å². The molecule has 0 spiro atoms. The molecule has 0 aromatic heterocycles. The Kier molecular flexibility index (Phi) is 6.50. The zero-order chi connectivity index (χ0) is 20.9. The lowest BCUT2D eigenvalue weighted by Crippen LogP contribution is -1.88. The molecule has 0 atom stereocenters. The van der Waals surface area contributed by atoms with Gasteiger partial charge in [-0.15, -0.1) is 0 Å². The van der Waals surface area contributed by atoms with Crippen LogP contribution in [0.15, 0.2) is 78.9 Å². The monoisotopic (exact) mass is 416 g/mol. The summed E-state index contributed by atoms with van der Waals surface area (Å²) in [5.74, 6) is -0.225. The van der Waals surface area contributed by atoms with Crippen LogP contribution in [-0.2, 0) is 6.42 Å². The van der Waals surface area contributed by atoms with Crippen LogP contribution in [0.1, 0.15) is 38.2 Å². The minimum absolute atomic E-state index is 0.225. The highest BCUT2D eigenvalue weighted by Gasteiger charge is 2.08. The second-order valence-corrected chi connectivity index (χ2v) is 8.34. The lowest BCUT2D eigenvalue weighted by molar-refractivity contribution is 0.632. The van der Waals surface area contributed by atoms with E-state index in [0.717, 1.165) is 23.1 Å². The van der Waals surface area contributed by atoms with Gasteiger partial charge in [-0.25, -0.2) is 4.39 Å². The zero-order valence-electron chi connectivity index (χ0n) is 17.3. The summed E-state index contributed by atoms with van der Waals surface area (Å²) >= 11 is 5.95. The van der Waals surface area contributed by atoms with Gasteiger partial charge in [0.15, 0.2) is 0 Å². The minimum atomic E-state index is -0.225. The van der Waals surface area contributed by atoms with Gasteiger partial charge < -0.3 is 0 Å². The molecule has 0 aliphatic heterocycles. The first-order valence-electron chi connectivity index (χ1n) is 10.7. The Bertz CT molecular complexity index is 1150. The quantitative estimate of drug-likeness (QED) is 0.263. The summed E-state index contributed by atoms with van der Waals surface area (Å²) < 4.78 is 14.8. The summed E-state index contributed by atoms with van der Waals surface area (Å²) in [4.78, 5) is 0. The first kappa shape index (κ1) is 20.6. The number of hydrogen-bond donors (Lipinski definition) is 0. The summed E-state index contributed by atoms with van der Waals surface area (Å²) in [5.41, 5.74) is 4.72. The number of halogens is 2. The molecule has 0 nitrogen and oxygen atoms in total. The van der Waals surface area contributed by atoms with E-state index < -0.39 is 0 Å². The molecule has 0 saturated heterocycles. The van der Waals surface area contributed by atoms with Crippen LogP contribution in [0.25, 0.3) is 33.0 Å². The number of hydrogen-bond acceptors (Lipinski definition) is 0. The van der Waals surface area contributed by atoms with Crippen molar-refractivity contribution in [3.8, 4) is 22.3 Å².